The molecule has 2 aliphatic rings. The predicted octanol–water partition coefficient (Wildman–Crippen LogP) is 5.46. The van der Waals surface area contributed by atoms with Crippen molar-refractivity contribution in [1.82, 2.24) is 0 Å². The van der Waals surface area contributed by atoms with Crippen LogP contribution in [0.2, 0.25) is 5.02 Å². The van der Waals surface area contributed by atoms with Crippen LogP contribution in [0.15, 0.2) is 29.1 Å². The quantitative estimate of drug-likeness (QED) is 0.415. The van der Waals surface area contributed by atoms with Crippen molar-refractivity contribution >= 4 is 42.8 Å². The molecule has 0 spiro atoms. The summed E-state index contributed by atoms with van der Waals surface area (Å²) in [5, 5.41) is 0.0406. The fraction of sp³-hybridized carbons (Fsp3) is 0.400. The highest BCUT2D eigenvalue weighted by molar-refractivity contribution is 7.57. The van der Waals surface area contributed by atoms with Crippen molar-refractivity contribution in [2.24, 2.45) is 0 Å². The van der Waals surface area contributed by atoms with Crippen molar-refractivity contribution in [3.05, 3.63) is 45.5 Å². The lowest BCUT2D eigenvalue weighted by atomic mass is 9.93. The van der Waals surface area contributed by atoms with Gasteiger partial charge >= 0.3 is 7.60 Å². The largest absolute Gasteiger partial charge is 0.354 e. The topological polar surface area (TPSA) is 72.9 Å². The molecule has 0 bridgehead atoms. The normalized spacial score (nSPS) is 17.6. The average molecular weight is 442 g/mol. The highest BCUT2D eigenvalue weighted by atomic mass is 35.5. The van der Waals surface area contributed by atoms with Crippen LogP contribution in [0.4, 0.5) is 10.1 Å². The molecular formula is C20H22ClFNO5P. The fourth-order valence-electron chi connectivity index (χ4n) is 3.47. The van der Waals surface area contributed by atoms with Gasteiger partial charge in [0.2, 0.25) is 0 Å². The Bertz CT molecular complexity index is 920. The monoisotopic (exact) mass is 441 g/mol. The Labute approximate surface area is 173 Å². The first-order valence-electron chi connectivity index (χ1n) is 9.49. The number of nitrogens with zero attached hydrogens (tertiary/aromatic N) is 1. The second kappa shape index (κ2) is 8.92. The van der Waals surface area contributed by atoms with Crippen LogP contribution in [0.5, 0.6) is 0 Å². The Balaban J connectivity index is 1.97. The zero-order valence-electron chi connectivity index (χ0n) is 16.2. The zero-order valence-corrected chi connectivity index (χ0v) is 17.9. The molecule has 0 radical (unpaired) electrons. The molecule has 156 valence electrons. The molecule has 0 saturated carbocycles. The minimum Gasteiger partial charge on any atom is -0.306 e. The Morgan fingerprint density at radius 3 is 2.17 bits per heavy atom. The van der Waals surface area contributed by atoms with Crippen LogP contribution in [0, 0.1) is 5.82 Å². The minimum atomic E-state index is -3.49. The molecular weight excluding hydrogens is 420 g/mol. The van der Waals surface area contributed by atoms with Crippen molar-refractivity contribution in [2.45, 2.75) is 39.5 Å². The molecule has 0 fully saturated rings. The smallest absolute Gasteiger partial charge is 0.306 e. The van der Waals surface area contributed by atoms with E-state index >= 15 is 0 Å². The molecule has 1 aliphatic carbocycles. The van der Waals surface area contributed by atoms with Gasteiger partial charge in [-0.3, -0.25) is 14.2 Å². The second-order valence-corrected chi connectivity index (χ2v) is 8.93. The van der Waals surface area contributed by atoms with Crippen LogP contribution >= 0.6 is 19.2 Å². The molecule has 29 heavy (non-hydrogen) atoms. The number of imide groups is 1. The first-order chi connectivity index (χ1) is 13.8. The summed E-state index contributed by atoms with van der Waals surface area (Å²) >= 11 is 6.12. The number of carbonyl (C=O) groups excluding carboxylic acids is 2. The van der Waals surface area contributed by atoms with Crippen molar-refractivity contribution in [3.8, 4) is 0 Å². The maximum Gasteiger partial charge on any atom is 0.354 e. The molecule has 1 heterocycles. The fourth-order valence-corrected chi connectivity index (χ4v) is 4.99. The van der Waals surface area contributed by atoms with Crippen molar-refractivity contribution in [3.63, 3.8) is 0 Å². The van der Waals surface area contributed by atoms with Crippen LogP contribution < -0.4 is 4.90 Å². The standard InChI is InChI=1S/C20H22ClFNO5P/c1-3-27-29(26,28-4-2)10-9-13-11-18(17(22)12-16(13)21)23-19(24)14-7-5-6-8-15(14)20(23)25/h9-12H,3-8H2,1-2H3/b10-9+. The van der Waals surface area contributed by atoms with E-state index in [1.807, 2.05) is 0 Å². The van der Waals surface area contributed by atoms with Crippen LogP contribution in [-0.4, -0.2) is 25.0 Å². The van der Waals surface area contributed by atoms with E-state index in [-0.39, 0.29) is 29.5 Å². The van der Waals surface area contributed by atoms with E-state index in [1.54, 1.807) is 13.8 Å². The summed E-state index contributed by atoms with van der Waals surface area (Å²) in [5.41, 5.74) is 1.03. The Morgan fingerprint density at radius 1 is 1.10 bits per heavy atom. The van der Waals surface area contributed by atoms with Gasteiger partial charge in [-0.05, 0) is 63.3 Å². The molecule has 6 nitrogen and oxygen atoms in total. The van der Waals surface area contributed by atoms with Crippen LogP contribution in [0.3, 0.4) is 0 Å². The van der Waals surface area contributed by atoms with Gasteiger partial charge in [-0.1, -0.05) is 11.6 Å². The third-order valence-electron chi connectivity index (χ3n) is 4.75. The van der Waals surface area contributed by atoms with Crippen LogP contribution in [0.25, 0.3) is 6.08 Å². The van der Waals surface area contributed by atoms with Gasteiger partial charge in [-0.2, -0.15) is 0 Å². The summed E-state index contributed by atoms with van der Waals surface area (Å²) < 4.78 is 37.6. The SMILES string of the molecule is CCOP(=O)(/C=C/c1cc(N2C(=O)C3=C(CCCC3)C2=O)c(F)cc1Cl)OCC. The number of benzene rings is 1. The summed E-state index contributed by atoms with van der Waals surface area (Å²) in [6.07, 6.45) is 4.07. The lowest BCUT2D eigenvalue weighted by Gasteiger charge is -2.17. The molecule has 0 atom stereocenters. The molecule has 1 aromatic rings. The highest BCUT2D eigenvalue weighted by Crippen LogP contribution is 2.50. The summed E-state index contributed by atoms with van der Waals surface area (Å²) in [6, 6.07) is 2.32. The van der Waals surface area contributed by atoms with E-state index in [2.05, 4.69) is 0 Å². The van der Waals surface area contributed by atoms with Gasteiger partial charge < -0.3 is 9.05 Å². The summed E-state index contributed by atoms with van der Waals surface area (Å²) in [4.78, 5) is 26.3. The number of hydrogen-bond donors (Lipinski definition) is 0. The third-order valence-corrected chi connectivity index (χ3v) is 6.83. The van der Waals surface area contributed by atoms with Crippen molar-refractivity contribution in [1.29, 1.82) is 0 Å². The maximum atomic E-state index is 14.6. The van der Waals surface area contributed by atoms with Gasteiger partial charge in [-0.25, -0.2) is 9.29 Å². The summed E-state index contributed by atoms with van der Waals surface area (Å²) in [6.45, 7) is 3.72. The predicted molar refractivity (Wildman–Crippen MR) is 109 cm³/mol. The number of rotatable bonds is 7. The Kier molecular flexibility index (Phi) is 6.74. The first-order valence-corrected chi connectivity index (χ1v) is 11.5. The Hall–Kier alpha value is -1.79. The molecule has 0 saturated heterocycles. The molecule has 2 amide bonds. The number of hydrogen-bond acceptors (Lipinski definition) is 5. The number of anilines is 1. The molecule has 1 aliphatic heterocycles. The van der Waals surface area contributed by atoms with Gasteiger partial charge in [0.15, 0.2) is 0 Å². The van der Waals surface area contributed by atoms with E-state index in [9.17, 15) is 18.5 Å². The highest BCUT2D eigenvalue weighted by Gasteiger charge is 2.40. The number of carbonyl (C=O) groups is 2. The van der Waals surface area contributed by atoms with E-state index < -0.39 is 25.2 Å². The van der Waals surface area contributed by atoms with Gasteiger partial charge in [0, 0.05) is 17.0 Å². The first kappa shape index (κ1) is 21.9. The van der Waals surface area contributed by atoms with Crippen LogP contribution in [0.1, 0.15) is 45.1 Å². The average Bonchev–Trinajstić information content (AvgIpc) is 2.93. The molecule has 0 unspecified atom stereocenters. The maximum absolute atomic E-state index is 14.6. The van der Waals surface area contributed by atoms with E-state index in [0.29, 0.717) is 24.0 Å². The third kappa shape index (κ3) is 4.38. The number of halogens is 2. The minimum absolute atomic E-state index is 0.0406. The van der Waals surface area contributed by atoms with Gasteiger partial charge in [0.1, 0.15) is 5.82 Å². The van der Waals surface area contributed by atoms with E-state index in [0.717, 1.165) is 23.8 Å². The van der Waals surface area contributed by atoms with Crippen LogP contribution in [-0.2, 0) is 23.2 Å². The van der Waals surface area contributed by atoms with Gasteiger partial charge in [0.25, 0.3) is 11.8 Å². The summed E-state index contributed by atoms with van der Waals surface area (Å²) in [7, 11) is -3.49. The van der Waals surface area contributed by atoms with Crippen molar-refractivity contribution in [2.75, 3.05) is 18.1 Å². The molecule has 3 rings (SSSR count). The summed E-state index contributed by atoms with van der Waals surface area (Å²) in [5.74, 6) is -0.531. The zero-order chi connectivity index (χ0) is 21.2. The molecule has 0 N–H and O–H groups in total. The Morgan fingerprint density at radius 2 is 1.66 bits per heavy atom. The molecule has 9 heteroatoms. The van der Waals surface area contributed by atoms with E-state index in [4.69, 9.17) is 20.6 Å². The number of amides is 2. The lowest BCUT2D eigenvalue weighted by Crippen LogP contribution is -2.32. The molecule has 1 aromatic carbocycles. The van der Waals surface area contributed by atoms with Crippen molar-refractivity contribution < 1.29 is 27.6 Å². The lowest BCUT2D eigenvalue weighted by molar-refractivity contribution is -0.120. The van der Waals surface area contributed by atoms with Gasteiger partial charge in [0.05, 0.1) is 23.9 Å². The molecule has 0 aromatic heterocycles. The second-order valence-electron chi connectivity index (χ2n) is 6.63. The van der Waals surface area contributed by atoms with E-state index in [1.165, 1.54) is 18.0 Å². The van der Waals surface area contributed by atoms with Gasteiger partial charge in [-0.15, -0.1) is 0 Å².